The van der Waals surface area contributed by atoms with Gasteiger partial charge in [0, 0.05) is 6.42 Å². The monoisotopic (exact) mass is 296 g/mol. The van der Waals surface area contributed by atoms with Crippen LogP contribution in [-0.4, -0.2) is 19.8 Å². The van der Waals surface area contributed by atoms with Crippen molar-refractivity contribution in [2.75, 3.05) is 0 Å². The molecule has 96 valence electrons. The average Bonchev–Trinajstić information content (AvgIpc) is 2.77. The molecule has 5 nitrogen and oxygen atoms in total. The van der Waals surface area contributed by atoms with Gasteiger partial charge >= 0.3 is 0 Å². The first kappa shape index (κ1) is 12.2. The van der Waals surface area contributed by atoms with E-state index in [2.05, 4.69) is 15.3 Å². The van der Waals surface area contributed by atoms with Crippen LogP contribution in [0.3, 0.4) is 0 Å². The first-order valence-corrected chi connectivity index (χ1v) is 6.48. The first-order valence-electron chi connectivity index (χ1n) is 5.29. The molecular formula is C11H6ClFN4OS. The number of hydrogen-bond donors (Lipinski definition) is 0. The molecule has 3 aromatic rings. The number of halogens is 2. The molecule has 8 heteroatoms. The fourth-order valence-electron chi connectivity index (χ4n) is 1.63. The third kappa shape index (κ3) is 2.34. The summed E-state index contributed by atoms with van der Waals surface area (Å²) < 4.78 is 14.1. The second-order valence-corrected chi connectivity index (χ2v) is 5.34. The van der Waals surface area contributed by atoms with Crippen LogP contribution < -0.4 is 5.56 Å². The molecule has 0 radical (unpaired) electrons. The lowest BCUT2D eigenvalue weighted by Crippen LogP contribution is -2.22. The van der Waals surface area contributed by atoms with Gasteiger partial charge in [0.15, 0.2) is 0 Å². The van der Waals surface area contributed by atoms with Gasteiger partial charge in [-0.3, -0.25) is 4.79 Å². The van der Waals surface area contributed by atoms with Crippen LogP contribution in [0.1, 0.15) is 11.3 Å². The van der Waals surface area contributed by atoms with Crippen LogP contribution in [0.25, 0.3) is 4.96 Å². The second-order valence-electron chi connectivity index (χ2n) is 3.80. The van der Waals surface area contributed by atoms with E-state index in [0.717, 1.165) is 21.4 Å². The van der Waals surface area contributed by atoms with E-state index in [4.69, 9.17) is 11.6 Å². The minimum absolute atomic E-state index is 0.227. The van der Waals surface area contributed by atoms with Crippen molar-refractivity contribution in [1.82, 2.24) is 19.8 Å². The number of benzene rings is 1. The minimum atomic E-state index is -0.363. The molecule has 0 aliphatic rings. The van der Waals surface area contributed by atoms with Crippen LogP contribution in [0, 0.1) is 5.82 Å². The molecule has 0 saturated heterocycles. The normalized spacial score (nSPS) is 11.1. The van der Waals surface area contributed by atoms with Gasteiger partial charge in [-0.15, -0.1) is 15.3 Å². The Morgan fingerprint density at radius 3 is 2.74 bits per heavy atom. The Hall–Kier alpha value is -1.86. The number of hydrogen-bond acceptors (Lipinski definition) is 5. The Bertz CT molecular complexity index is 799. The molecule has 1 aromatic carbocycles. The summed E-state index contributed by atoms with van der Waals surface area (Å²) in [4.78, 5) is 12.4. The van der Waals surface area contributed by atoms with Gasteiger partial charge in [0.25, 0.3) is 5.56 Å². The summed E-state index contributed by atoms with van der Waals surface area (Å²) in [5.41, 5.74) is 0.651. The van der Waals surface area contributed by atoms with Gasteiger partial charge in [0.2, 0.25) is 9.43 Å². The summed E-state index contributed by atoms with van der Waals surface area (Å²) in [7, 11) is 0. The van der Waals surface area contributed by atoms with Crippen molar-refractivity contribution in [2.24, 2.45) is 0 Å². The Balaban J connectivity index is 2.03. The molecule has 0 spiro atoms. The van der Waals surface area contributed by atoms with E-state index >= 15 is 0 Å². The summed E-state index contributed by atoms with van der Waals surface area (Å²) in [5, 5.41) is 11.6. The third-order valence-corrected chi connectivity index (χ3v) is 3.51. The van der Waals surface area contributed by atoms with E-state index in [-0.39, 0.29) is 28.0 Å². The van der Waals surface area contributed by atoms with E-state index in [1.54, 1.807) is 12.1 Å². The molecule has 0 atom stereocenters. The average molecular weight is 297 g/mol. The summed E-state index contributed by atoms with van der Waals surface area (Å²) in [6, 6.07) is 5.86. The lowest BCUT2D eigenvalue weighted by atomic mass is 10.1. The number of aromatic nitrogens is 4. The molecule has 0 unspecified atom stereocenters. The summed E-state index contributed by atoms with van der Waals surface area (Å²) in [6.07, 6.45) is 0.268. The quantitative estimate of drug-likeness (QED) is 0.725. The van der Waals surface area contributed by atoms with Crippen LogP contribution in [0.2, 0.25) is 4.47 Å². The van der Waals surface area contributed by atoms with Crippen molar-refractivity contribution in [1.29, 1.82) is 0 Å². The van der Waals surface area contributed by atoms with Gasteiger partial charge in [-0.2, -0.15) is 4.52 Å². The topological polar surface area (TPSA) is 60.2 Å². The molecule has 0 aliphatic heterocycles. The van der Waals surface area contributed by atoms with Gasteiger partial charge in [-0.05, 0) is 29.3 Å². The Morgan fingerprint density at radius 2 is 2.00 bits per heavy atom. The fourth-order valence-corrected chi connectivity index (χ4v) is 2.48. The van der Waals surface area contributed by atoms with Crippen molar-refractivity contribution in [3.8, 4) is 0 Å². The highest BCUT2D eigenvalue weighted by Crippen LogP contribution is 2.15. The van der Waals surface area contributed by atoms with Crippen LogP contribution in [0.4, 0.5) is 4.39 Å². The van der Waals surface area contributed by atoms with Crippen LogP contribution in [0.5, 0.6) is 0 Å². The highest BCUT2D eigenvalue weighted by molar-refractivity contribution is 7.20. The number of nitrogens with zero attached hydrogens (tertiary/aromatic N) is 4. The molecule has 19 heavy (non-hydrogen) atoms. The second kappa shape index (κ2) is 4.67. The summed E-state index contributed by atoms with van der Waals surface area (Å²) >= 11 is 6.80. The van der Waals surface area contributed by atoms with Gasteiger partial charge in [-0.25, -0.2) is 4.39 Å². The molecule has 2 aromatic heterocycles. The standard InChI is InChI=1S/C11H6ClFN4OS/c12-10-16-17-9(18)8(14-15-11(17)19-10)5-6-1-3-7(13)4-2-6/h1-4H,5H2. The van der Waals surface area contributed by atoms with Crippen LogP contribution in [0.15, 0.2) is 29.1 Å². The molecule has 0 saturated carbocycles. The van der Waals surface area contributed by atoms with Crippen LogP contribution in [-0.2, 0) is 6.42 Å². The van der Waals surface area contributed by atoms with Crippen LogP contribution >= 0.6 is 22.9 Å². The molecule has 0 fully saturated rings. The Labute approximate surface area is 115 Å². The van der Waals surface area contributed by atoms with Gasteiger partial charge in [0.05, 0.1) is 0 Å². The smallest absolute Gasteiger partial charge is 0.265 e. The molecular weight excluding hydrogens is 291 g/mol. The summed E-state index contributed by atoms with van der Waals surface area (Å²) in [5.74, 6) is -0.326. The Kier molecular flexibility index (Phi) is 3.00. The molecule has 0 bridgehead atoms. The highest BCUT2D eigenvalue weighted by atomic mass is 35.5. The number of rotatable bonds is 2. The zero-order chi connectivity index (χ0) is 13.4. The zero-order valence-electron chi connectivity index (χ0n) is 9.38. The van der Waals surface area contributed by atoms with Crippen molar-refractivity contribution in [3.63, 3.8) is 0 Å². The highest BCUT2D eigenvalue weighted by Gasteiger charge is 2.11. The van der Waals surface area contributed by atoms with E-state index in [1.807, 2.05) is 0 Å². The summed E-state index contributed by atoms with van der Waals surface area (Å²) in [6.45, 7) is 0. The van der Waals surface area contributed by atoms with Crippen molar-refractivity contribution in [2.45, 2.75) is 6.42 Å². The number of fused-ring (bicyclic) bond motifs is 1. The van der Waals surface area contributed by atoms with Crippen molar-refractivity contribution in [3.05, 3.63) is 56.2 Å². The molecule has 2 heterocycles. The van der Waals surface area contributed by atoms with E-state index in [0.29, 0.717) is 4.96 Å². The maximum Gasteiger partial charge on any atom is 0.297 e. The molecule has 0 aliphatic carbocycles. The van der Waals surface area contributed by atoms with E-state index in [9.17, 15) is 9.18 Å². The molecule has 0 N–H and O–H groups in total. The van der Waals surface area contributed by atoms with Gasteiger partial charge < -0.3 is 0 Å². The lowest BCUT2D eigenvalue weighted by molar-refractivity contribution is 0.627. The molecule has 0 amide bonds. The predicted molar refractivity (Wildman–Crippen MR) is 69.1 cm³/mol. The lowest BCUT2D eigenvalue weighted by Gasteiger charge is -1.99. The van der Waals surface area contributed by atoms with E-state index < -0.39 is 0 Å². The fraction of sp³-hybridized carbons (Fsp3) is 0.0909. The predicted octanol–water partition coefficient (Wildman–Crippen LogP) is 1.93. The van der Waals surface area contributed by atoms with Gasteiger partial charge in [0.1, 0.15) is 11.5 Å². The van der Waals surface area contributed by atoms with E-state index in [1.165, 1.54) is 12.1 Å². The first-order chi connectivity index (χ1) is 9.13. The maximum atomic E-state index is 12.8. The minimum Gasteiger partial charge on any atom is -0.265 e. The van der Waals surface area contributed by atoms with Crippen molar-refractivity contribution >= 4 is 27.9 Å². The maximum absolute atomic E-state index is 12.8. The third-order valence-electron chi connectivity index (χ3n) is 2.52. The molecule has 3 rings (SSSR count). The zero-order valence-corrected chi connectivity index (χ0v) is 11.0. The Morgan fingerprint density at radius 1 is 1.26 bits per heavy atom. The SMILES string of the molecule is O=c1c(Cc2ccc(F)cc2)nnc2sc(Cl)nn12. The largest absolute Gasteiger partial charge is 0.297 e. The van der Waals surface area contributed by atoms with Crippen molar-refractivity contribution < 1.29 is 4.39 Å². The van der Waals surface area contributed by atoms with Gasteiger partial charge in [-0.1, -0.05) is 23.5 Å².